The Hall–Kier alpha value is -0.610. The molecule has 3 atom stereocenters. The Balaban J connectivity index is 1.94. The SMILES string of the molecule is CC1CC2CNCC2N1C(=O)CCN(C)C. The van der Waals surface area contributed by atoms with Gasteiger partial charge in [-0.2, -0.15) is 0 Å². The summed E-state index contributed by atoms with van der Waals surface area (Å²) in [6.07, 6.45) is 1.83. The second kappa shape index (κ2) is 4.72. The lowest BCUT2D eigenvalue weighted by Crippen LogP contribution is -2.43. The highest BCUT2D eigenvalue weighted by atomic mass is 16.2. The Morgan fingerprint density at radius 2 is 2.19 bits per heavy atom. The van der Waals surface area contributed by atoms with Gasteiger partial charge < -0.3 is 15.1 Å². The smallest absolute Gasteiger partial charge is 0.224 e. The predicted octanol–water partition coefficient (Wildman–Crippen LogP) is 0.147. The van der Waals surface area contributed by atoms with Crippen LogP contribution in [0.15, 0.2) is 0 Å². The first-order valence-corrected chi connectivity index (χ1v) is 6.26. The molecule has 1 N–H and O–H groups in total. The summed E-state index contributed by atoms with van der Waals surface area (Å²) in [6.45, 7) is 5.12. The number of nitrogens with one attached hydrogen (secondary N) is 1. The molecule has 0 aromatic rings. The Morgan fingerprint density at radius 3 is 2.88 bits per heavy atom. The quantitative estimate of drug-likeness (QED) is 0.742. The minimum Gasteiger partial charge on any atom is -0.335 e. The van der Waals surface area contributed by atoms with Gasteiger partial charge in [0.2, 0.25) is 5.91 Å². The van der Waals surface area contributed by atoms with E-state index in [1.807, 2.05) is 14.1 Å². The molecular formula is C12H23N3O. The maximum atomic E-state index is 12.2. The molecule has 16 heavy (non-hydrogen) atoms. The average Bonchev–Trinajstić information content (AvgIpc) is 2.73. The summed E-state index contributed by atoms with van der Waals surface area (Å²) in [6, 6.07) is 0.899. The molecule has 2 saturated heterocycles. The molecular weight excluding hydrogens is 202 g/mol. The minimum atomic E-state index is 0.331. The van der Waals surface area contributed by atoms with E-state index in [9.17, 15) is 4.79 Å². The molecule has 2 rings (SSSR count). The van der Waals surface area contributed by atoms with Crippen LogP contribution < -0.4 is 5.32 Å². The zero-order valence-corrected chi connectivity index (χ0v) is 10.6. The van der Waals surface area contributed by atoms with E-state index in [1.165, 1.54) is 6.42 Å². The van der Waals surface area contributed by atoms with E-state index in [4.69, 9.17) is 0 Å². The first kappa shape index (κ1) is 11.9. The van der Waals surface area contributed by atoms with E-state index in [0.29, 0.717) is 30.3 Å². The van der Waals surface area contributed by atoms with Gasteiger partial charge in [0.05, 0.1) is 0 Å². The number of carbonyl (C=O) groups excluding carboxylic acids is 1. The van der Waals surface area contributed by atoms with Gasteiger partial charge in [-0.3, -0.25) is 4.79 Å². The Bertz CT molecular complexity index is 267. The summed E-state index contributed by atoms with van der Waals surface area (Å²) in [5.41, 5.74) is 0. The summed E-state index contributed by atoms with van der Waals surface area (Å²) in [4.78, 5) is 16.4. The fourth-order valence-corrected chi connectivity index (χ4v) is 3.04. The van der Waals surface area contributed by atoms with Gasteiger partial charge in [-0.25, -0.2) is 0 Å². The van der Waals surface area contributed by atoms with Crippen LogP contribution in [0.1, 0.15) is 19.8 Å². The maximum absolute atomic E-state index is 12.2. The van der Waals surface area contributed by atoms with Crippen molar-refractivity contribution in [2.24, 2.45) is 5.92 Å². The van der Waals surface area contributed by atoms with Gasteiger partial charge in [0.25, 0.3) is 0 Å². The molecule has 92 valence electrons. The van der Waals surface area contributed by atoms with Crippen LogP contribution in [-0.2, 0) is 4.79 Å². The Morgan fingerprint density at radius 1 is 1.44 bits per heavy atom. The van der Waals surface area contributed by atoms with Crippen molar-refractivity contribution in [3.63, 3.8) is 0 Å². The number of hydrogen-bond acceptors (Lipinski definition) is 3. The van der Waals surface area contributed by atoms with Crippen LogP contribution >= 0.6 is 0 Å². The number of hydrogen-bond donors (Lipinski definition) is 1. The van der Waals surface area contributed by atoms with Gasteiger partial charge in [-0.1, -0.05) is 0 Å². The lowest BCUT2D eigenvalue weighted by molar-refractivity contribution is -0.133. The highest BCUT2D eigenvalue weighted by molar-refractivity contribution is 5.77. The number of likely N-dealkylation sites (tertiary alicyclic amines) is 1. The van der Waals surface area contributed by atoms with Crippen molar-refractivity contribution in [2.75, 3.05) is 33.7 Å². The zero-order chi connectivity index (χ0) is 11.7. The summed E-state index contributed by atoms with van der Waals surface area (Å²) in [5, 5.41) is 3.39. The molecule has 1 amide bonds. The van der Waals surface area contributed by atoms with Gasteiger partial charge in [0.1, 0.15) is 0 Å². The Labute approximate surface area is 98.0 Å². The molecule has 0 spiro atoms. The highest BCUT2D eigenvalue weighted by Gasteiger charge is 2.43. The first-order chi connectivity index (χ1) is 7.59. The lowest BCUT2D eigenvalue weighted by Gasteiger charge is -2.28. The second-order valence-electron chi connectivity index (χ2n) is 5.42. The van der Waals surface area contributed by atoms with Crippen LogP contribution in [0.4, 0.5) is 0 Å². The lowest BCUT2D eigenvalue weighted by atomic mass is 10.0. The molecule has 2 heterocycles. The number of rotatable bonds is 3. The molecule has 2 aliphatic heterocycles. The normalized spacial score (nSPS) is 33.5. The van der Waals surface area contributed by atoms with Crippen molar-refractivity contribution in [2.45, 2.75) is 31.8 Å². The summed E-state index contributed by atoms with van der Waals surface area (Å²) >= 11 is 0. The topological polar surface area (TPSA) is 35.6 Å². The first-order valence-electron chi connectivity index (χ1n) is 6.26. The van der Waals surface area contributed by atoms with Gasteiger partial charge in [-0.15, -0.1) is 0 Å². The fraction of sp³-hybridized carbons (Fsp3) is 0.917. The molecule has 2 fully saturated rings. The molecule has 3 unspecified atom stereocenters. The van der Waals surface area contributed by atoms with E-state index in [1.54, 1.807) is 0 Å². The monoisotopic (exact) mass is 225 g/mol. The fourth-order valence-electron chi connectivity index (χ4n) is 3.04. The van der Waals surface area contributed by atoms with E-state index < -0.39 is 0 Å². The van der Waals surface area contributed by atoms with Crippen LogP contribution in [0.2, 0.25) is 0 Å². The van der Waals surface area contributed by atoms with Gasteiger partial charge >= 0.3 is 0 Å². The second-order valence-corrected chi connectivity index (χ2v) is 5.42. The predicted molar refractivity (Wildman–Crippen MR) is 64.2 cm³/mol. The van der Waals surface area contributed by atoms with Crippen LogP contribution in [0.5, 0.6) is 0 Å². The van der Waals surface area contributed by atoms with E-state index >= 15 is 0 Å². The standard InChI is InChI=1S/C12H23N3O/c1-9-6-10-7-13-8-11(10)15(9)12(16)4-5-14(2)3/h9-11,13H,4-8H2,1-3H3. The molecule has 0 aliphatic carbocycles. The summed E-state index contributed by atoms with van der Waals surface area (Å²) in [7, 11) is 4.03. The van der Waals surface area contributed by atoms with Gasteiger partial charge in [0, 0.05) is 38.1 Å². The van der Waals surface area contributed by atoms with Crippen LogP contribution in [0, 0.1) is 5.92 Å². The number of fused-ring (bicyclic) bond motifs is 1. The molecule has 0 radical (unpaired) electrons. The third kappa shape index (κ3) is 2.23. The van der Waals surface area contributed by atoms with Crippen molar-refractivity contribution in [1.82, 2.24) is 15.1 Å². The molecule has 0 saturated carbocycles. The third-order valence-corrected chi connectivity index (χ3v) is 3.84. The average molecular weight is 225 g/mol. The number of nitrogens with zero attached hydrogens (tertiary/aromatic N) is 2. The van der Waals surface area contributed by atoms with Crippen LogP contribution in [0.25, 0.3) is 0 Å². The largest absolute Gasteiger partial charge is 0.335 e. The van der Waals surface area contributed by atoms with E-state index in [2.05, 4.69) is 22.0 Å². The van der Waals surface area contributed by atoms with E-state index in [-0.39, 0.29) is 0 Å². The maximum Gasteiger partial charge on any atom is 0.224 e. The van der Waals surface area contributed by atoms with Crippen molar-refractivity contribution in [3.05, 3.63) is 0 Å². The number of amides is 1. The van der Waals surface area contributed by atoms with Crippen molar-refractivity contribution >= 4 is 5.91 Å². The molecule has 2 aliphatic rings. The Kier molecular flexibility index (Phi) is 3.50. The molecule has 0 aromatic carbocycles. The summed E-state index contributed by atoms with van der Waals surface area (Å²) in [5.74, 6) is 1.02. The molecule has 4 nitrogen and oxygen atoms in total. The minimum absolute atomic E-state index is 0.331. The van der Waals surface area contributed by atoms with E-state index in [0.717, 1.165) is 19.6 Å². The molecule has 0 bridgehead atoms. The summed E-state index contributed by atoms with van der Waals surface area (Å²) < 4.78 is 0. The van der Waals surface area contributed by atoms with Crippen LogP contribution in [-0.4, -0.2) is 61.5 Å². The molecule has 0 aromatic heterocycles. The van der Waals surface area contributed by atoms with Crippen molar-refractivity contribution in [3.8, 4) is 0 Å². The highest BCUT2D eigenvalue weighted by Crippen LogP contribution is 2.32. The van der Waals surface area contributed by atoms with Gasteiger partial charge in [0.15, 0.2) is 0 Å². The third-order valence-electron chi connectivity index (χ3n) is 3.84. The van der Waals surface area contributed by atoms with Crippen LogP contribution in [0.3, 0.4) is 0 Å². The van der Waals surface area contributed by atoms with Crippen molar-refractivity contribution in [1.29, 1.82) is 0 Å². The number of carbonyl (C=O) groups is 1. The van der Waals surface area contributed by atoms with Crippen molar-refractivity contribution < 1.29 is 4.79 Å². The van der Waals surface area contributed by atoms with Gasteiger partial charge in [-0.05, 0) is 33.4 Å². The molecule has 4 heteroatoms. The zero-order valence-electron chi connectivity index (χ0n) is 10.6.